The first-order chi connectivity index (χ1) is 10.9. The number of carbonyl (C=O) groups excluding carboxylic acids is 1. The van der Waals surface area contributed by atoms with Gasteiger partial charge in [-0.3, -0.25) is 4.79 Å². The molecule has 0 spiro atoms. The molecule has 0 N–H and O–H groups in total. The van der Waals surface area contributed by atoms with Crippen molar-refractivity contribution in [2.24, 2.45) is 5.92 Å². The topological polar surface area (TPSA) is 29.5 Å². The predicted molar refractivity (Wildman–Crippen MR) is 78.6 cm³/mol. The van der Waals surface area contributed by atoms with Crippen molar-refractivity contribution >= 4 is 5.97 Å². The summed E-state index contributed by atoms with van der Waals surface area (Å²) in [7, 11) is 0. The summed E-state index contributed by atoms with van der Waals surface area (Å²) in [5, 5.41) is 0. The Morgan fingerprint density at radius 2 is 1.70 bits per heavy atom. The number of carbonyl (C=O) groups is 1. The van der Waals surface area contributed by atoms with Crippen LogP contribution >= 0.6 is 0 Å². The Hall–Kier alpha value is -1.56. The van der Waals surface area contributed by atoms with Gasteiger partial charge in [-0.05, 0) is 56.5 Å². The number of esters is 1. The zero-order valence-electron chi connectivity index (χ0n) is 12.8. The van der Waals surface area contributed by atoms with Gasteiger partial charge in [-0.25, -0.2) is 0 Å². The Morgan fingerprint density at radius 3 is 2.22 bits per heavy atom. The highest BCUT2D eigenvalue weighted by atomic mass is 19.4. The lowest BCUT2D eigenvalue weighted by atomic mass is 9.97. The molecule has 126 valence electrons. The molecule has 1 heterocycles. The minimum atomic E-state index is -4.34. The summed E-state index contributed by atoms with van der Waals surface area (Å²) in [4.78, 5) is 14.5. The van der Waals surface area contributed by atoms with Crippen molar-refractivity contribution in [2.45, 2.75) is 44.5 Å². The molecule has 1 aliphatic carbocycles. The quantitative estimate of drug-likeness (QED) is 0.791. The number of piperidine rings is 1. The molecule has 0 amide bonds. The summed E-state index contributed by atoms with van der Waals surface area (Å²) in [6.07, 6.45) is -0.193. The Balaban J connectivity index is 1.45. The van der Waals surface area contributed by atoms with Crippen molar-refractivity contribution in [3.63, 3.8) is 0 Å². The third-order valence-electron chi connectivity index (χ3n) is 4.59. The van der Waals surface area contributed by atoms with Gasteiger partial charge >= 0.3 is 12.1 Å². The maximum Gasteiger partial charge on any atom is 0.416 e. The Labute approximate surface area is 133 Å². The van der Waals surface area contributed by atoms with Crippen LogP contribution in [-0.4, -0.2) is 30.0 Å². The summed E-state index contributed by atoms with van der Waals surface area (Å²) in [6.45, 7) is 1.90. The zero-order valence-corrected chi connectivity index (χ0v) is 12.8. The van der Waals surface area contributed by atoms with E-state index in [-0.39, 0.29) is 18.5 Å². The van der Waals surface area contributed by atoms with Gasteiger partial charge in [0.25, 0.3) is 0 Å². The Bertz CT molecular complexity index is 544. The lowest BCUT2D eigenvalue weighted by molar-refractivity contribution is -0.151. The summed E-state index contributed by atoms with van der Waals surface area (Å²) in [5.41, 5.74) is -0.123. The van der Waals surface area contributed by atoms with Crippen molar-refractivity contribution in [1.29, 1.82) is 0 Å². The van der Waals surface area contributed by atoms with Crippen molar-refractivity contribution in [2.75, 3.05) is 13.1 Å². The summed E-state index contributed by atoms with van der Waals surface area (Å²) >= 11 is 0. The van der Waals surface area contributed by atoms with Crippen molar-refractivity contribution in [1.82, 2.24) is 4.90 Å². The summed E-state index contributed by atoms with van der Waals surface area (Å²) in [5.74, 6) is -0.320. The molecular weight excluding hydrogens is 307 g/mol. The molecule has 2 fully saturated rings. The molecule has 0 atom stereocenters. The Morgan fingerprint density at radius 1 is 1.09 bits per heavy atom. The first-order valence-corrected chi connectivity index (χ1v) is 8.00. The second kappa shape index (κ2) is 6.51. The second-order valence-electron chi connectivity index (χ2n) is 6.34. The number of hydrogen-bond acceptors (Lipinski definition) is 3. The fourth-order valence-electron chi connectivity index (χ4n) is 3.00. The Kier molecular flexibility index (Phi) is 4.62. The molecule has 0 bridgehead atoms. The average Bonchev–Trinajstić information content (AvgIpc) is 3.37. The molecular formula is C17H20F3NO2. The molecule has 23 heavy (non-hydrogen) atoms. The van der Waals surface area contributed by atoms with Crippen LogP contribution in [0.5, 0.6) is 0 Å². The van der Waals surface area contributed by atoms with E-state index in [0.717, 1.165) is 44.1 Å². The highest BCUT2D eigenvalue weighted by molar-refractivity contribution is 5.72. The van der Waals surface area contributed by atoms with Crippen LogP contribution in [0.3, 0.4) is 0 Å². The SMILES string of the molecule is O=C(OCc1ccc(C(F)(F)F)cc1)C1CCN(C2CC2)CC1. The first-order valence-electron chi connectivity index (χ1n) is 8.00. The van der Waals surface area contributed by atoms with Crippen LogP contribution in [0.25, 0.3) is 0 Å². The van der Waals surface area contributed by atoms with Crippen molar-refractivity contribution < 1.29 is 22.7 Å². The number of benzene rings is 1. The van der Waals surface area contributed by atoms with E-state index >= 15 is 0 Å². The molecule has 1 saturated heterocycles. The fraction of sp³-hybridized carbons (Fsp3) is 0.588. The molecule has 2 aliphatic rings. The minimum absolute atomic E-state index is 0.0276. The van der Waals surface area contributed by atoms with Gasteiger partial charge in [0.2, 0.25) is 0 Å². The van der Waals surface area contributed by atoms with Gasteiger partial charge < -0.3 is 9.64 Å². The van der Waals surface area contributed by atoms with E-state index in [0.29, 0.717) is 5.56 Å². The van der Waals surface area contributed by atoms with E-state index in [9.17, 15) is 18.0 Å². The van der Waals surface area contributed by atoms with Gasteiger partial charge in [0.1, 0.15) is 6.61 Å². The van der Waals surface area contributed by atoms with E-state index in [4.69, 9.17) is 4.74 Å². The monoisotopic (exact) mass is 327 g/mol. The van der Waals surface area contributed by atoms with Crippen LogP contribution in [0, 0.1) is 5.92 Å². The van der Waals surface area contributed by atoms with Crippen molar-refractivity contribution in [3.8, 4) is 0 Å². The molecule has 3 rings (SSSR count). The summed E-state index contributed by atoms with van der Waals surface area (Å²) in [6, 6.07) is 5.45. The van der Waals surface area contributed by atoms with Crippen molar-refractivity contribution in [3.05, 3.63) is 35.4 Å². The number of nitrogens with zero attached hydrogens (tertiary/aromatic N) is 1. The molecule has 6 heteroatoms. The average molecular weight is 327 g/mol. The molecule has 0 radical (unpaired) electrons. The second-order valence-corrected chi connectivity index (χ2v) is 6.34. The number of alkyl halides is 3. The van der Waals surface area contributed by atoms with Gasteiger partial charge in [-0.15, -0.1) is 0 Å². The largest absolute Gasteiger partial charge is 0.461 e. The number of likely N-dealkylation sites (tertiary alicyclic amines) is 1. The van der Waals surface area contributed by atoms with E-state index in [1.165, 1.54) is 25.0 Å². The van der Waals surface area contributed by atoms with E-state index in [1.54, 1.807) is 0 Å². The number of ether oxygens (including phenoxy) is 1. The molecule has 0 aromatic heterocycles. The standard InChI is InChI=1S/C17H20F3NO2/c18-17(19,20)14-3-1-12(2-4-14)11-23-16(22)13-7-9-21(10-8-13)15-5-6-15/h1-4,13,15H,5-11H2. The van der Waals surface area contributed by atoms with Crippen LogP contribution in [0.4, 0.5) is 13.2 Å². The van der Waals surface area contributed by atoms with Gasteiger partial charge in [-0.2, -0.15) is 13.2 Å². The first kappa shape index (κ1) is 16.3. The number of hydrogen-bond donors (Lipinski definition) is 0. The highest BCUT2D eigenvalue weighted by Crippen LogP contribution is 2.31. The highest BCUT2D eigenvalue weighted by Gasteiger charge is 2.34. The van der Waals surface area contributed by atoms with Gasteiger partial charge in [0.15, 0.2) is 0 Å². The van der Waals surface area contributed by atoms with E-state index < -0.39 is 11.7 Å². The minimum Gasteiger partial charge on any atom is -0.461 e. The van der Waals surface area contributed by atoms with Gasteiger partial charge in [0.05, 0.1) is 11.5 Å². The maximum absolute atomic E-state index is 12.5. The van der Waals surface area contributed by atoms with Crippen LogP contribution in [0.1, 0.15) is 36.8 Å². The summed E-state index contributed by atoms with van der Waals surface area (Å²) < 4.78 is 42.7. The third kappa shape index (κ3) is 4.25. The van der Waals surface area contributed by atoms with Gasteiger partial charge in [0, 0.05) is 6.04 Å². The lowest BCUT2D eigenvalue weighted by Gasteiger charge is -2.30. The maximum atomic E-state index is 12.5. The lowest BCUT2D eigenvalue weighted by Crippen LogP contribution is -2.38. The predicted octanol–water partition coefficient (Wildman–Crippen LogP) is 3.62. The van der Waals surface area contributed by atoms with Crippen LogP contribution in [-0.2, 0) is 22.3 Å². The number of halogens is 3. The van der Waals surface area contributed by atoms with Crippen LogP contribution in [0.15, 0.2) is 24.3 Å². The molecule has 3 nitrogen and oxygen atoms in total. The van der Waals surface area contributed by atoms with Crippen LogP contribution < -0.4 is 0 Å². The molecule has 1 aromatic carbocycles. The molecule has 1 saturated carbocycles. The van der Waals surface area contributed by atoms with E-state index in [1.807, 2.05) is 0 Å². The molecule has 1 aliphatic heterocycles. The zero-order chi connectivity index (χ0) is 16.4. The van der Waals surface area contributed by atoms with Gasteiger partial charge in [-0.1, -0.05) is 12.1 Å². The molecule has 1 aromatic rings. The number of rotatable bonds is 4. The third-order valence-corrected chi connectivity index (χ3v) is 4.59. The van der Waals surface area contributed by atoms with E-state index in [2.05, 4.69) is 4.90 Å². The van der Waals surface area contributed by atoms with Crippen LogP contribution in [0.2, 0.25) is 0 Å². The fourth-order valence-corrected chi connectivity index (χ4v) is 3.00. The molecule has 0 unspecified atom stereocenters. The normalized spacial score (nSPS) is 20.5. The smallest absolute Gasteiger partial charge is 0.416 e.